The molecule has 0 aromatic heterocycles. The van der Waals surface area contributed by atoms with E-state index in [1.165, 1.54) is 18.2 Å². The topological polar surface area (TPSA) is 46.2 Å². The van der Waals surface area contributed by atoms with Crippen molar-refractivity contribution < 1.29 is 21.6 Å². The van der Waals surface area contributed by atoms with Crippen molar-refractivity contribution in [1.82, 2.24) is 0 Å². The normalized spacial score (nSPS) is 14.1. The number of para-hydroxylation sites is 1. The van der Waals surface area contributed by atoms with Gasteiger partial charge in [-0.15, -0.1) is 0 Å². The van der Waals surface area contributed by atoms with Gasteiger partial charge in [-0.1, -0.05) is 32.4 Å². The summed E-state index contributed by atoms with van der Waals surface area (Å²) in [6, 6.07) is 5.08. The van der Waals surface area contributed by atoms with Crippen LogP contribution >= 0.6 is 0 Å². The van der Waals surface area contributed by atoms with E-state index in [1.54, 1.807) is 0 Å². The summed E-state index contributed by atoms with van der Waals surface area (Å²) in [5.41, 5.74) is -5.29. The fourth-order valence-corrected chi connectivity index (χ4v) is 2.82. The first-order valence-electron chi connectivity index (χ1n) is 6.41. The maximum atomic E-state index is 12.7. The van der Waals surface area contributed by atoms with E-state index < -0.39 is 20.2 Å². The number of sulfone groups is 1. The van der Waals surface area contributed by atoms with E-state index in [4.69, 9.17) is 0 Å². The molecule has 1 aromatic carbocycles. The molecule has 0 bridgehead atoms. The van der Waals surface area contributed by atoms with Crippen LogP contribution in [0.1, 0.15) is 33.1 Å². The van der Waals surface area contributed by atoms with Gasteiger partial charge in [-0.25, -0.2) is 8.42 Å². The van der Waals surface area contributed by atoms with Crippen LogP contribution in [-0.4, -0.2) is 20.0 Å². The second-order valence-electron chi connectivity index (χ2n) is 4.48. The second-order valence-corrected chi connectivity index (χ2v) is 6.39. The standard InChI is InChI=1S/C13H18F3NO2S/c1-3-7-10(4-2)17-11-8-5-6-9-12(11)20(18,19)13(14,15)16/h5-6,8-10,17H,3-4,7H2,1-2H3. The van der Waals surface area contributed by atoms with Gasteiger partial charge >= 0.3 is 5.51 Å². The van der Waals surface area contributed by atoms with Gasteiger partial charge in [-0.2, -0.15) is 13.2 Å². The highest BCUT2D eigenvalue weighted by Gasteiger charge is 2.47. The predicted molar refractivity (Wildman–Crippen MR) is 72.3 cm³/mol. The quantitative estimate of drug-likeness (QED) is 0.865. The Kier molecular flexibility index (Phi) is 5.44. The molecule has 1 N–H and O–H groups in total. The minimum absolute atomic E-state index is 0.00475. The Morgan fingerprint density at radius 3 is 2.30 bits per heavy atom. The van der Waals surface area contributed by atoms with Crippen LogP contribution < -0.4 is 5.32 Å². The molecule has 0 heterocycles. The van der Waals surface area contributed by atoms with E-state index in [0.717, 1.165) is 18.9 Å². The fourth-order valence-electron chi connectivity index (χ4n) is 1.89. The molecule has 0 radical (unpaired) electrons. The Morgan fingerprint density at radius 1 is 1.20 bits per heavy atom. The molecule has 0 fully saturated rings. The minimum atomic E-state index is -5.34. The van der Waals surface area contributed by atoms with Crippen LogP contribution in [0.3, 0.4) is 0 Å². The lowest BCUT2D eigenvalue weighted by molar-refractivity contribution is -0.0435. The molecule has 0 amide bonds. The molecule has 1 unspecified atom stereocenters. The third-order valence-electron chi connectivity index (χ3n) is 2.97. The number of hydrogen-bond acceptors (Lipinski definition) is 3. The Labute approximate surface area is 117 Å². The summed E-state index contributed by atoms with van der Waals surface area (Å²) in [6.07, 6.45) is 2.32. The Morgan fingerprint density at radius 2 is 1.80 bits per heavy atom. The summed E-state index contributed by atoms with van der Waals surface area (Å²) in [5, 5.41) is 2.90. The van der Waals surface area contributed by atoms with Crippen LogP contribution in [0.4, 0.5) is 18.9 Å². The molecule has 114 valence electrons. The third kappa shape index (κ3) is 3.65. The first-order chi connectivity index (χ1) is 9.24. The lowest BCUT2D eigenvalue weighted by Crippen LogP contribution is -2.26. The van der Waals surface area contributed by atoms with Gasteiger partial charge in [-0.3, -0.25) is 0 Å². The molecule has 0 aliphatic rings. The van der Waals surface area contributed by atoms with Crippen LogP contribution in [0.5, 0.6) is 0 Å². The van der Waals surface area contributed by atoms with Crippen LogP contribution in [0, 0.1) is 0 Å². The van der Waals surface area contributed by atoms with Crippen molar-refractivity contribution in [3.05, 3.63) is 24.3 Å². The van der Waals surface area contributed by atoms with Crippen LogP contribution in [-0.2, 0) is 9.84 Å². The molecular weight excluding hydrogens is 291 g/mol. The molecule has 0 spiro atoms. The molecule has 1 atom stereocenters. The maximum absolute atomic E-state index is 12.7. The molecule has 1 aromatic rings. The van der Waals surface area contributed by atoms with Gasteiger partial charge in [0, 0.05) is 6.04 Å². The Balaban J connectivity index is 3.18. The summed E-state index contributed by atoms with van der Waals surface area (Å²) >= 11 is 0. The lowest BCUT2D eigenvalue weighted by atomic mass is 10.1. The zero-order chi connectivity index (χ0) is 15.4. The SMILES string of the molecule is CCCC(CC)Nc1ccccc1S(=O)(=O)C(F)(F)F. The second kappa shape index (κ2) is 6.47. The zero-order valence-corrected chi connectivity index (χ0v) is 12.2. The first-order valence-corrected chi connectivity index (χ1v) is 7.89. The average Bonchev–Trinajstić information content (AvgIpc) is 2.37. The van der Waals surface area contributed by atoms with Gasteiger partial charge in [0.1, 0.15) is 0 Å². The van der Waals surface area contributed by atoms with Crippen molar-refractivity contribution in [1.29, 1.82) is 0 Å². The summed E-state index contributed by atoms with van der Waals surface area (Å²) in [7, 11) is -5.34. The molecule has 1 rings (SSSR count). The molecule has 0 saturated heterocycles. The Hall–Kier alpha value is -1.24. The van der Waals surface area contributed by atoms with Crippen molar-refractivity contribution in [3.63, 3.8) is 0 Å². The van der Waals surface area contributed by atoms with Crippen molar-refractivity contribution in [2.24, 2.45) is 0 Å². The lowest BCUT2D eigenvalue weighted by Gasteiger charge is -2.20. The van der Waals surface area contributed by atoms with Crippen LogP contribution in [0.2, 0.25) is 0 Å². The smallest absolute Gasteiger partial charge is 0.381 e. The predicted octanol–water partition coefficient (Wildman–Crippen LogP) is 3.97. The van der Waals surface area contributed by atoms with Gasteiger partial charge < -0.3 is 5.32 Å². The maximum Gasteiger partial charge on any atom is 0.501 e. The highest BCUT2D eigenvalue weighted by molar-refractivity contribution is 7.92. The number of hydrogen-bond donors (Lipinski definition) is 1. The summed E-state index contributed by atoms with van der Waals surface area (Å²) < 4.78 is 61.0. The van der Waals surface area contributed by atoms with Gasteiger partial charge in [0.05, 0.1) is 10.6 Å². The van der Waals surface area contributed by atoms with E-state index in [-0.39, 0.29) is 11.7 Å². The van der Waals surface area contributed by atoms with Crippen molar-refractivity contribution in [2.75, 3.05) is 5.32 Å². The highest BCUT2D eigenvalue weighted by atomic mass is 32.2. The monoisotopic (exact) mass is 309 g/mol. The number of halogens is 3. The third-order valence-corrected chi connectivity index (χ3v) is 4.52. The zero-order valence-electron chi connectivity index (χ0n) is 11.4. The number of alkyl halides is 3. The van der Waals surface area contributed by atoms with E-state index in [9.17, 15) is 21.6 Å². The van der Waals surface area contributed by atoms with Crippen molar-refractivity contribution in [2.45, 2.75) is 49.6 Å². The average molecular weight is 309 g/mol. The molecule has 0 aliphatic carbocycles. The van der Waals surface area contributed by atoms with Crippen LogP contribution in [0.15, 0.2) is 29.2 Å². The van der Waals surface area contributed by atoms with Gasteiger partial charge in [-0.05, 0) is 25.0 Å². The largest absolute Gasteiger partial charge is 0.501 e. The Bertz CT molecular complexity index is 541. The number of benzene rings is 1. The highest BCUT2D eigenvalue weighted by Crippen LogP contribution is 2.34. The summed E-state index contributed by atoms with van der Waals surface area (Å²) in [4.78, 5) is -0.720. The summed E-state index contributed by atoms with van der Waals surface area (Å²) in [6.45, 7) is 3.86. The first kappa shape index (κ1) is 16.8. The van der Waals surface area contributed by atoms with E-state index in [2.05, 4.69) is 5.32 Å². The number of rotatable bonds is 6. The summed E-state index contributed by atoms with van der Waals surface area (Å²) in [5.74, 6) is 0. The molecule has 3 nitrogen and oxygen atoms in total. The van der Waals surface area contributed by atoms with Gasteiger partial charge in [0.25, 0.3) is 9.84 Å². The van der Waals surface area contributed by atoms with Gasteiger partial charge in [0.2, 0.25) is 0 Å². The molecule has 0 aliphatic heterocycles. The minimum Gasteiger partial charge on any atom is -0.381 e. The molecule has 0 saturated carbocycles. The van der Waals surface area contributed by atoms with E-state index in [0.29, 0.717) is 6.42 Å². The van der Waals surface area contributed by atoms with Crippen molar-refractivity contribution in [3.8, 4) is 0 Å². The fraction of sp³-hybridized carbons (Fsp3) is 0.538. The number of nitrogens with one attached hydrogen (secondary N) is 1. The molecule has 7 heteroatoms. The number of anilines is 1. The van der Waals surface area contributed by atoms with Crippen LogP contribution in [0.25, 0.3) is 0 Å². The van der Waals surface area contributed by atoms with E-state index >= 15 is 0 Å². The molecular formula is C13H18F3NO2S. The van der Waals surface area contributed by atoms with E-state index in [1.807, 2.05) is 13.8 Å². The van der Waals surface area contributed by atoms with Crippen molar-refractivity contribution >= 4 is 15.5 Å². The van der Waals surface area contributed by atoms with Gasteiger partial charge in [0.15, 0.2) is 0 Å². The molecule has 20 heavy (non-hydrogen) atoms.